The molecule has 3 aliphatic carbocycles. The number of aliphatic hydroxyl groups is 1. The van der Waals surface area contributed by atoms with Gasteiger partial charge in [-0.2, -0.15) is 8.42 Å². The number of ether oxygens (including phenoxy) is 3. The second-order valence-electron chi connectivity index (χ2n) is 12.3. The molecule has 1 aromatic rings. The maximum atomic E-state index is 13.2. The number of carbonyl (C=O) groups is 1. The van der Waals surface area contributed by atoms with E-state index in [1.165, 1.54) is 12.1 Å². The summed E-state index contributed by atoms with van der Waals surface area (Å²) in [7, 11) is -4.13. The molecule has 0 amide bonds. The quantitative estimate of drug-likeness (QED) is 0.317. The highest BCUT2D eigenvalue weighted by Gasteiger charge is 2.73. The van der Waals surface area contributed by atoms with Crippen LogP contribution in [0.3, 0.4) is 0 Å². The molecule has 0 radical (unpaired) electrons. The fraction of sp³-hybridized carbons (Fsp3) is 0.700. The van der Waals surface area contributed by atoms with Gasteiger partial charge in [0.15, 0.2) is 12.4 Å². The summed E-state index contributed by atoms with van der Waals surface area (Å²) < 4.78 is 49.5. The minimum atomic E-state index is -4.13. The van der Waals surface area contributed by atoms with Gasteiger partial charge in [-0.1, -0.05) is 44.5 Å². The predicted molar refractivity (Wildman–Crippen MR) is 144 cm³/mol. The van der Waals surface area contributed by atoms with Gasteiger partial charge < -0.3 is 19.3 Å². The Kier molecular flexibility index (Phi) is 7.55. The average molecular weight is 563 g/mol. The predicted octanol–water partition coefficient (Wildman–Crippen LogP) is 4.53. The minimum absolute atomic E-state index is 0.0127. The van der Waals surface area contributed by atoms with Gasteiger partial charge in [-0.25, -0.2) is 4.79 Å². The molecule has 4 aliphatic rings. The largest absolute Gasteiger partial charge is 0.460 e. The van der Waals surface area contributed by atoms with E-state index < -0.39 is 46.1 Å². The lowest BCUT2D eigenvalue weighted by atomic mass is 9.45. The van der Waals surface area contributed by atoms with Gasteiger partial charge in [0.05, 0.1) is 24.2 Å². The Bertz CT molecular complexity index is 1220. The van der Waals surface area contributed by atoms with Crippen molar-refractivity contribution in [3.63, 3.8) is 0 Å². The van der Waals surface area contributed by atoms with E-state index in [1.807, 2.05) is 19.9 Å². The lowest BCUT2D eigenvalue weighted by Crippen LogP contribution is -2.64. The van der Waals surface area contributed by atoms with E-state index in [0.717, 1.165) is 36.8 Å². The molecule has 39 heavy (non-hydrogen) atoms. The van der Waals surface area contributed by atoms with Crippen molar-refractivity contribution in [3.05, 3.63) is 41.5 Å². The van der Waals surface area contributed by atoms with E-state index in [2.05, 4.69) is 20.8 Å². The molecule has 0 aromatic heterocycles. The third-order valence-electron chi connectivity index (χ3n) is 10.6. The van der Waals surface area contributed by atoms with Crippen LogP contribution < -0.4 is 0 Å². The molecule has 2 bridgehead atoms. The summed E-state index contributed by atoms with van der Waals surface area (Å²) in [5.41, 5.74) is 0.976. The first-order valence-corrected chi connectivity index (χ1v) is 15.6. The Hall–Kier alpha value is -1.78. The summed E-state index contributed by atoms with van der Waals surface area (Å²) in [6.07, 6.45) is 4.44. The van der Waals surface area contributed by atoms with E-state index in [9.17, 15) is 18.3 Å². The van der Waals surface area contributed by atoms with E-state index in [-0.39, 0.29) is 28.1 Å². The van der Waals surface area contributed by atoms with Crippen molar-refractivity contribution in [2.24, 2.45) is 28.6 Å². The topological polar surface area (TPSA) is 108 Å². The molecule has 1 spiro atoms. The third-order valence-corrected chi connectivity index (χ3v) is 11.9. The molecule has 9 heteroatoms. The van der Waals surface area contributed by atoms with Crippen molar-refractivity contribution in [3.8, 4) is 0 Å². The lowest BCUT2D eigenvalue weighted by molar-refractivity contribution is -0.274. The smallest absolute Gasteiger partial charge is 0.333 e. The Labute approximate surface area is 232 Å². The number of allylic oxidation sites excluding steroid dienone is 1. The third kappa shape index (κ3) is 4.58. The number of aryl methyl sites for hydroxylation is 1. The molecule has 4 fully saturated rings. The van der Waals surface area contributed by atoms with Gasteiger partial charge in [0, 0.05) is 24.2 Å². The van der Waals surface area contributed by atoms with Crippen molar-refractivity contribution in [1.29, 1.82) is 0 Å². The molecule has 5 rings (SSSR count). The van der Waals surface area contributed by atoms with Gasteiger partial charge in [-0.3, -0.25) is 4.18 Å². The SMILES string of the molecule is CC=C1C[C@@H](OC(=O)COS(=O)(=O)c2ccc(C)cc2)[C@@]2(C)C3C4(CCC3(CC[C@H]2C)[C@@H](C)[C@H]1O)OCCO4. The summed E-state index contributed by atoms with van der Waals surface area (Å²) in [6, 6.07) is 6.26. The van der Waals surface area contributed by atoms with Gasteiger partial charge in [-0.05, 0) is 68.1 Å². The Morgan fingerprint density at radius 2 is 1.79 bits per heavy atom. The van der Waals surface area contributed by atoms with Crippen LogP contribution in [0.2, 0.25) is 0 Å². The molecule has 1 N–H and O–H groups in total. The minimum Gasteiger partial charge on any atom is -0.460 e. The van der Waals surface area contributed by atoms with Crippen molar-refractivity contribution >= 4 is 16.1 Å². The van der Waals surface area contributed by atoms with Crippen LogP contribution in [0.1, 0.15) is 65.4 Å². The number of esters is 1. The first-order valence-electron chi connectivity index (χ1n) is 14.2. The van der Waals surface area contributed by atoms with Gasteiger partial charge in [0.2, 0.25) is 0 Å². The Morgan fingerprint density at radius 3 is 2.44 bits per heavy atom. The molecule has 2 unspecified atom stereocenters. The molecule has 7 atom stereocenters. The van der Waals surface area contributed by atoms with E-state index in [0.29, 0.717) is 19.6 Å². The summed E-state index contributed by atoms with van der Waals surface area (Å²) in [6.45, 7) is 10.6. The van der Waals surface area contributed by atoms with Gasteiger partial charge in [0.1, 0.15) is 6.10 Å². The molecule has 1 heterocycles. The monoisotopic (exact) mass is 562 g/mol. The number of carbonyl (C=O) groups excluding carboxylic acids is 1. The molecule has 216 valence electrons. The van der Waals surface area contributed by atoms with Crippen LogP contribution >= 0.6 is 0 Å². The maximum absolute atomic E-state index is 13.2. The zero-order chi connectivity index (χ0) is 28.2. The van der Waals surface area contributed by atoms with Crippen LogP contribution in [0.15, 0.2) is 40.8 Å². The molecular weight excluding hydrogens is 520 g/mol. The van der Waals surface area contributed by atoms with E-state index in [4.69, 9.17) is 18.4 Å². The molecule has 8 nitrogen and oxygen atoms in total. The number of hydrogen-bond acceptors (Lipinski definition) is 8. The summed E-state index contributed by atoms with van der Waals surface area (Å²) >= 11 is 0. The number of benzene rings is 1. The standard InChI is InChI=1S/C30H42O8S/c1-6-22-17-24(38-25(31)18-37-39(33,34)23-9-7-19(2)8-10-23)28(5)20(3)11-12-29(21(4)26(22)32)13-14-30(27(28)29)35-15-16-36-30/h6-10,20-21,24,26-27,32H,11-18H2,1-5H3/t20-,21+,24-,26-,27?,28+,29?/m1/s1. The number of rotatable bonds is 5. The number of hydrogen-bond donors (Lipinski definition) is 1. The Morgan fingerprint density at radius 1 is 1.13 bits per heavy atom. The van der Waals surface area contributed by atoms with Gasteiger partial charge in [0.25, 0.3) is 10.1 Å². The fourth-order valence-electron chi connectivity index (χ4n) is 8.32. The fourth-order valence-corrected chi connectivity index (χ4v) is 9.18. The second-order valence-corrected chi connectivity index (χ2v) is 13.9. The summed E-state index contributed by atoms with van der Waals surface area (Å²) in [5.74, 6) is -1.47. The molecule has 1 saturated heterocycles. The maximum Gasteiger partial charge on any atom is 0.333 e. The van der Waals surface area contributed by atoms with Gasteiger partial charge >= 0.3 is 5.97 Å². The zero-order valence-corrected chi connectivity index (χ0v) is 24.5. The van der Waals surface area contributed by atoms with Crippen molar-refractivity contribution < 1.29 is 36.7 Å². The second kappa shape index (κ2) is 10.2. The van der Waals surface area contributed by atoms with Crippen molar-refractivity contribution in [2.75, 3.05) is 19.8 Å². The van der Waals surface area contributed by atoms with Crippen LogP contribution in [0.4, 0.5) is 0 Å². The highest BCUT2D eigenvalue weighted by molar-refractivity contribution is 7.86. The highest BCUT2D eigenvalue weighted by atomic mass is 32.2. The highest BCUT2D eigenvalue weighted by Crippen LogP contribution is 2.71. The van der Waals surface area contributed by atoms with Crippen LogP contribution in [-0.2, 0) is 33.3 Å². The van der Waals surface area contributed by atoms with E-state index in [1.54, 1.807) is 12.1 Å². The van der Waals surface area contributed by atoms with Crippen LogP contribution in [-0.4, -0.2) is 57.3 Å². The van der Waals surface area contributed by atoms with E-state index >= 15 is 0 Å². The van der Waals surface area contributed by atoms with Crippen LogP contribution in [0.5, 0.6) is 0 Å². The molecular formula is C30H42O8S. The normalized spacial score (nSPS) is 38.8. The zero-order valence-electron chi connectivity index (χ0n) is 23.6. The average Bonchev–Trinajstić information content (AvgIpc) is 3.52. The first kappa shape index (κ1) is 28.7. The summed E-state index contributed by atoms with van der Waals surface area (Å²) in [4.78, 5) is 13.2. The van der Waals surface area contributed by atoms with Crippen LogP contribution in [0.25, 0.3) is 0 Å². The summed E-state index contributed by atoms with van der Waals surface area (Å²) in [5, 5.41) is 11.6. The van der Waals surface area contributed by atoms with Crippen LogP contribution in [0, 0.1) is 35.5 Å². The Balaban J connectivity index is 1.47. The number of aliphatic hydroxyl groups excluding tert-OH is 1. The lowest BCUT2D eigenvalue weighted by Gasteiger charge is -2.62. The van der Waals surface area contributed by atoms with Crippen molar-refractivity contribution in [1.82, 2.24) is 0 Å². The molecule has 1 aromatic carbocycles. The van der Waals surface area contributed by atoms with Crippen molar-refractivity contribution in [2.45, 2.75) is 89.6 Å². The van der Waals surface area contributed by atoms with Gasteiger partial charge in [-0.15, -0.1) is 0 Å². The molecule has 1 aliphatic heterocycles. The molecule has 3 saturated carbocycles. The first-order chi connectivity index (χ1) is 18.4.